The molecule has 1 aliphatic carbocycles. The number of anilines is 1. The van der Waals surface area contributed by atoms with Crippen molar-refractivity contribution in [3.05, 3.63) is 65.2 Å². The highest BCUT2D eigenvalue weighted by atomic mass is 16.3. The van der Waals surface area contributed by atoms with Gasteiger partial charge in [0.25, 0.3) is 0 Å². The standard InChI is InChI=1S/C19H23NO/c1-14(21)16-10-5-7-12-18(16)20-19-13-6-3-9-15-8-2-4-11-17(15)19/h2,4-5,7-8,10-12,14,19-21H,3,6,9,13H2,1H3. The van der Waals surface area contributed by atoms with E-state index in [1.54, 1.807) is 0 Å². The molecule has 21 heavy (non-hydrogen) atoms. The number of benzene rings is 2. The third-order valence-electron chi connectivity index (χ3n) is 4.36. The first-order chi connectivity index (χ1) is 10.3. The highest BCUT2D eigenvalue weighted by Gasteiger charge is 2.19. The number of para-hydroxylation sites is 1. The van der Waals surface area contributed by atoms with Gasteiger partial charge in [-0.1, -0.05) is 48.9 Å². The van der Waals surface area contributed by atoms with Crippen molar-refractivity contribution in [3.63, 3.8) is 0 Å². The fourth-order valence-corrected chi connectivity index (χ4v) is 3.25. The number of aryl methyl sites for hydroxylation is 1. The van der Waals surface area contributed by atoms with Crippen LogP contribution in [0.2, 0.25) is 0 Å². The van der Waals surface area contributed by atoms with Crippen LogP contribution in [0.3, 0.4) is 0 Å². The zero-order chi connectivity index (χ0) is 14.7. The predicted molar refractivity (Wildman–Crippen MR) is 87.4 cm³/mol. The molecule has 0 radical (unpaired) electrons. The minimum absolute atomic E-state index is 0.337. The Morgan fingerprint density at radius 1 is 1.05 bits per heavy atom. The Morgan fingerprint density at radius 2 is 1.81 bits per heavy atom. The van der Waals surface area contributed by atoms with Crippen molar-refractivity contribution in [3.8, 4) is 0 Å². The SMILES string of the molecule is CC(O)c1ccccc1NC1CCCCc2ccccc21. The quantitative estimate of drug-likeness (QED) is 0.805. The molecule has 2 heteroatoms. The predicted octanol–water partition coefficient (Wildman–Crippen LogP) is 4.62. The van der Waals surface area contributed by atoms with Gasteiger partial charge in [0.1, 0.15) is 0 Å². The second-order valence-corrected chi connectivity index (χ2v) is 5.90. The lowest BCUT2D eigenvalue weighted by atomic mass is 9.98. The van der Waals surface area contributed by atoms with Crippen LogP contribution in [0.15, 0.2) is 48.5 Å². The van der Waals surface area contributed by atoms with Gasteiger partial charge in [-0.3, -0.25) is 0 Å². The van der Waals surface area contributed by atoms with Gasteiger partial charge in [0.2, 0.25) is 0 Å². The number of fused-ring (bicyclic) bond motifs is 1. The molecule has 3 rings (SSSR count). The molecule has 110 valence electrons. The Labute approximate surface area is 126 Å². The summed E-state index contributed by atoms with van der Waals surface area (Å²) in [5.74, 6) is 0. The Hall–Kier alpha value is -1.80. The Morgan fingerprint density at radius 3 is 2.67 bits per heavy atom. The second-order valence-electron chi connectivity index (χ2n) is 5.90. The largest absolute Gasteiger partial charge is 0.389 e. The second kappa shape index (κ2) is 6.31. The molecule has 0 fully saturated rings. The van der Waals surface area contributed by atoms with Gasteiger partial charge in [-0.25, -0.2) is 0 Å². The van der Waals surface area contributed by atoms with Crippen LogP contribution in [0.4, 0.5) is 5.69 Å². The van der Waals surface area contributed by atoms with Gasteiger partial charge < -0.3 is 10.4 Å². The number of nitrogens with one attached hydrogen (secondary N) is 1. The maximum absolute atomic E-state index is 9.94. The molecule has 0 amide bonds. The van der Waals surface area contributed by atoms with Crippen LogP contribution in [0.1, 0.15) is 55.0 Å². The summed E-state index contributed by atoms with van der Waals surface area (Å²) in [7, 11) is 0. The van der Waals surface area contributed by atoms with E-state index < -0.39 is 6.10 Å². The van der Waals surface area contributed by atoms with Crippen molar-refractivity contribution < 1.29 is 5.11 Å². The van der Waals surface area contributed by atoms with Crippen molar-refractivity contribution in [2.45, 2.75) is 44.8 Å². The van der Waals surface area contributed by atoms with E-state index in [2.05, 4.69) is 35.6 Å². The number of aliphatic hydroxyl groups excluding tert-OH is 1. The van der Waals surface area contributed by atoms with Crippen LogP contribution in [0.25, 0.3) is 0 Å². The smallest absolute Gasteiger partial charge is 0.0781 e. The van der Waals surface area contributed by atoms with Crippen LogP contribution in [0, 0.1) is 0 Å². The molecule has 2 atom stereocenters. The highest BCUT2D eigenvalue weighted by molar-refractivity contribution is 5.54. The van der Waals surface area contributed by atoms with Gasteiger partial charge in [-0.05, 0) is 43.4 Å². The minimum Gasteiger partial charge on any atom is -0.389 e. The number of hydrogen-bond donors (Lipinski definition) is 2. The average Bonchev–Trinajstić information content (AvgIpc) is 2.70. The van der Waals surface area contributed by atoms with Crippen molar-refractivity contribution in [1.82, 2.24) is 0 Å². The summed E-state index contributed by atoms with van der Waals surface area (Å²) in [4.78, 5) is 0. The first-order valence-electron chi connectivity index (χ1n) is 7.87. The van der Waals surface area contributed by atoms with Crippen LogP contribution in [-0.2, 0) is 6.42 Å². The molecule has 0 spiro atoms. The molecule has 0 bridgehead atoms. The van der Waals surface area contributed by atoms with Gasteiger partial charge >= 0.3 is 0 Å². The van der Waals surface area contributed by atoms with E-state index in [1.807, 2.05) is 25.1 Å². The molecule has 2 aromatic carbocycles. The maximum atomic E-state index is 9.94. The summed E-state index contributed by atoms with van der Waals surface area (Å²) in [5.41, 5.74) is 4.89. The van der Waals surface area contributed by atoms with Gasteiger partial charge in [-0.15, -0.1) is 0 Å². The lowest BCUT2D eigenvalue weighted by Crippen LogP contribution is -2.13. The van der Waals surface area contributed by atoms with E-state index in [0.29, 0.717) is 6.04 Å². The van der Waals surface area contributed by atoms with Crippen molar-refractivity contribution in [1.29, 1.82) is 0 Å². The highest BCUT2D eigenvalue weighted by Crippen LogP contribution is 2.33. The third-order valence-corrected chi connectivity index (χ3v) is 4.36. The normalized spacial score (nSPS) is 19.4. The van der Waals surface area contributed by atoms with Crippen LogP contribution >= 0.6 is 0 Å². The van der Waals surface area contributed by atoms with Gasteiger partial charge in [0.15, 0.2) is 0 Å². The molecule has 0 aliphatic heterocycles. The van der Waals surface area contributed by atoms with Crippen molar-refractivity contribution in [2.24, 2.45) is 0 Å². The number of rotatable bonds is 3. The van der Waals surface area contributed by atoms with E-state index >= 15 is 0 Å². The monoisotopic (exact) mass is 281 g/mol. The van der Waals surface area contributed by atoms with E-state index in [-0.39, 0.29) is 0 Å². The summed E-state index contributed by atoms with van der Waals surface area (Å²) in [6.07, 6.45) is 4.36. The summed E-state index contributed by atoms with van der Waals surface area (Å²) in [5, 5.41) is 13.6. The Kier molecular flexibility index (Phi) is 4.26. The summed E-state index contributed by atoms with van der Waals surface area (Å²) >= 11 is 0. The van der Waals surface area contributed by atoms with Gasteiger partial charge in [-0.2, -0.15) is 0 Å². The summed E-state index contributed by atoms with van der Waals surface area (Å²) < 4.78 is 0. The zero-order valence-electron chi connectivity index (χ0n) is 12.5. The summed E-state index contributed by atoms with van der Waals surface area (Å²) in [6, 6.07) is 17.1. The first kappa shape index (κ1) is 14.2. The van der Waals surface area contributed by atoms with E-state index in [9.17, 15) is 5.11 Å². The van der Waals surface area contributed by atoms with E-state index in [0.717, 1.165) is 17.7 Å². The molecule has 0 heterocycles. The van der Waals surface area contributed by atoms with Crippen LogP contribution < -0.4 is 5.32 Å². The van der Waals surface area contributed by atoms with Crippen LogP contribution in [0.5, 0.6) is 0 Å². The number of hydrogen-bond acceptors (Lipinski definition) is 2. The molecule has 1 aliphatic rings. The first-order valence-corrected chi connectivity index (χ1v) is 7.87. The fraction of sp³-hybridized carbons (Fsp3) is 0.368. The van der Waals surface area contributed by atoms with Gasteiger partial charge in [0, 0.05) is 11.3 Å². The molecule has 2 N–H and O–H groups in total. The average molecular weight is 281 g/mol. The molecule has 0 aromatic heterocycles. The topological polar surface area (TPSA) is 32.3 Å². The Bertz CT molecular complexity index is 606. The van der Waals surface area contributed by atoms with Gasteiger partial charge in [0.05, 0.1) is 12.1 Å². The third kappa shape index (κ3) is 3.11. The lowest BCUT2D eigenvalue weighted by Gasteiger charge is -2.23. The molecule has 2 aromatic rings. The maximum Gasteiger partial charge on any atom is 0.0781 e. The summed E-state index contributed by atoms with van der Waals surface area (Å²) in [6.45, 7) is 1.82. The molecule has 2 nitrogen and oxygen atoms in total. The van der Waals surface area contributed by atoms with E-state index in [4.69, 9.17) is 0 Å². The van der Waals surface area contributed by atoms with Crippen molar-refractivity contribution in [2.75, 3.05) is 5.32 Å². The number of aliphatic hydroxyl groups is 1. The van der Waals surface area contributed by atoms with E-state index in [1.165, 1.54) is 30.4 Å². The lowest BCUT2D eigenvalue weighted by molar-refractivity contribution is 0.200. The Balaban J connectivity index is 1.91. The molecular formula is C19H23NO. The van der Waals surface area contributed by atoms with Crippen molar-refractivity contribution >= 4 is 5.69 Å². The zero-order valence-corrected chi connectivity index (χ0v) is 12.5. The molecular weight excluding hydrogens is 258 g/mol. The molecule has 2 unspecified atom stereocenters. The molecule has 0 saturated heterocycles. The molecule has 0 saturated carbocycles. The van der Waals surface area contributed by atoms with Crippen LogP contribution in [-0.4, -0.2) is 5.11 Å². The fourth-order valence-electron chi connectivity index (χ4n) is 3.25. The minimum atomic E-state index is -0.449.